The first-order valence-corrected chi connectivity index (χ1v) is 9.86. The molecule has 0 unspecified atom stereocenters. The van der Waals surface area contributed by atoms with Gasteiger partial charge in [-0.3, -0.25) is 9.20 Å². The van der Waals surface area contributed by atoms with Crippen LogP contribution in [0.5, 0.6) is 0 Å². The topological polar surface area (TPSA) is 97.3 Å². The molecule has 29 heavy (non-hydrogen) atoms. The Morgan fingerprint density at radius 2 is 2.00 bits per heavy atom. The summed E-state index contributed by atoms with van der Waals surface area (Å²) in [6.45, 7) is 2.76. The van der Waals surface area contributed by atoms with Gasteiger partial charge in [0.15, 0.2) is 11.5 Å². The number of rotatable bonds is 5. The number of hydrogen-bond acceptors (Lipinski definition) is 5. The van der Waals surface area contributed by atoms with E-state index in [1.165, 1.54) is 0 Å². The quantitative estimate of drug-likeness (QED) is 0.457. The smallest absolute Gasteiger partial charge is 0.251 e. The van der Waals surface area contributed by atoms with Crippen molar-refractivity contribution in [2.24, 2.45) is 0 Å². The Morgan fingerprint density at radius 3 is 2.72 bits per heavy atom. The number of carbonyl (C=O) groups excluding carboxylic acids is 1. The average Bonchev–Trinajstić information content (AvgIpc) is 3.42. The summed E-state index contributed by atoms with van der Waals surface area (Å²) in [5.41, 5.74) is 11.7. The van der Waals surface area contributed by atoms with Crippen LogP contribution in [0.25, 0.3) is 27.9 Å². The summed E-state index contributed by atoms with van der Waals surface area (Å²) in [4.78, 5) is 21.6. The van der Waals surface area contributed by atoms with Gasteiger partial charge in [-0.2, -0.15) is 0 Å². The van der Waals surface area contributed by atoms with Crippen molar-refractivity contribution in [3.05, 3.63) is 54.2 Å². The Balaban J connectivity index is 1.63. The van der Waals surface area contributed by atoms with E-state index in [0.717, 1.165) is 53.1 Å². The summed E-state index contributed by atoms with van der Waals surface area (Å²) in [7, 11) is 0. The van der Waals surface area contributed by atoms with E-state index in [0.29, 0.717) is 17.3 Å². The summed E-state index contributed by atoms with van der Waals surface area (Å²) in [5, 5.41) is 6.31. The van der Waals surface area contributed by atoms with Crippen LogP contribution in [0.15, 0.2) is 48.7 Å². The molecule has 4 aromatic rings. The molecule has 7 heteroatoms. The van der Waals surface area contributed by atoms with E-state index in [2.05, 4.69) is 20.0 Å². The molecule has 2 aromatic carbocycles. The van der Waals surface area contributed by atoms with Gasteiger partial charge in [-0.05, 0) is 50.1 Å². The fourth-order valence-electron chi connectivity index (χ4n) is 3.53. The van der Waals surface area contributed by atoms with Crippen molar-refractivity contribution in [1.82, 2.24) is 19.7 Å². The highest BCUT2D eigenvalue weighted by molar-refractivity contribution is 5.95. The number of nitrogens with zero attached hydrogens (tertiary/aromatic N) is 3. The van der Waals surface area contributed by atoms with E-state index in [9.17, 15) is 4.79 Å². The first-order chi connectivity index (χ1) is 14.1. The van der Waals surface area contributed by atoms with Crippen LogP contribution in [0.1, 0.15) is 30.1 Å². The van der Waals surface area contributed by atoms with Crippen molar-refractivity contribution >= 4 is 34.1 Å². The molecule has 4 N–H and O–H groups in total. The Bertz CT molecular complexity index is 1220. The van der Waals surface area contributed by atoms with Crippen LogP contribution in [0.3, 0.4) is 0 Å². The lowest BCUT2D eigenvalue weighted by atomic mass is 10.1. The van der Waals surface area contributed by atoms with Gasteiger partial charge in [0.1, 0.15) is 0 Å². The normalized spacial score (nSPS) is 13.7. The molecule has 1 amide bonds. The lowest BCUT2D eigenvalue weighted by molar-refractivity contribution is 0.0951. The number of aromatic nitrogens is 3. The maximum Gasteiger partial charge on any atom is 0.251 e. The molecule has 0 saturated heterocycles. The summed E-state index contributed by atoms with van der Waals surface area (Å²) >= 11 is 0. The fourth-order valence-corrected chi connectivity index (χ4v) is 3.53. The average molecular weight is 386 g/mol. The number of imidazole rings is 1. The van der Waals surface area contributed by atoms with E-state index in [-0.39, 0.29) is 5.91 Å². The Kier molecular flexibility index (Phi) is 4.08. The monoisotopic (exact) mass is 386 g/mol. The highest BCUT2D eigenvalue weighted by atomic mass is 16.1. The largest absolute Gasteiger partial charge is 0.399 e. The molecule has 7 nitrogen and oxygen atoms in total. The van der Waals surface area contributed by atoms with Gasteiger partial charge in [-0.15, -0.1) is 0 Å². The number of benzene rings is 2. The molecule has 1 aliphatic carbocycles. The van der Waals surface area contributed by atoms with Gasteiger partial charge in [-0.25, -0.2) is 9.97 Å². The third-order valence-corrected chi connectivity index (χ3v) is 5.15. The van der Waals surface area contributed by atoms with E-state index in [4.69, 9.17) is 10.7 Å². The van der Waals surface area contributed by atoms with Crippen molar-refractivity contribution in [2.75, 3.05) is 17.6 Å². The van der Waals surface area contributed by atoms with Crippen LogP contribution in [0.4, 0.5) is 11.5 Å². The lowest BCUT2D eigenvalue weighted by Crippen LogP contribution is -2.25. The zero-order chi connectivity index (χ0) is 20.0. The van der Waals surface area contributed by atoms with Crippen LogP contribution >= 0.6 is 0 Å². The Morgan fingerprint density at radius 1 is 1.21 bits per heavy atom. The van der Waals surface area contributed by atoms with Gasteiger partial charge in [0.25, 0.3) is 5.91 Å². The number of amides is 1. The number of carbonyl (C=O) groups is 1. The zero-order valence-corrected chi connectivity index (χ0v) is 16.1. The van der Waals surface area contributed by atoms with Crippen LogP contribution in [0, 0.1) is 0 Å². The van der Waals surface area contributed by atoms with E-state index in [1.54, 1.807) is 0 Å². The van der Waals surface area contributed by atoms with E-state index in [1.807, 2.05) is 55.6 Å². The molecule has 2 aromatic heterocycles. The molecule has 1 saturated carbocycles. The molecular weight excluding hydrogens is 364 g/mol. The second-order valence-electron chi connectivity index (χ2n) is 7.37. The number of fused-ring (bicyclic) bond motifs is 3. The van der Waals surface area contributed by atoms with Crippen molar-refractivity contribution in [3.63, 3.8) is 0 Å². The van der Waals surface area contributed by atoms with E-state index >= 15 is 0 Å². The van der Waals surface area contributed by atoms with Crippen molar-refractivity contribution in [3.8, 4) is 11.3 Å². The summed E-state index contributed by atoms with van der Waals surface area (Å²) < 4.78 is 2.08. The van der Waals surface area contributed by atoms with Crippen molar-refractivity contribution in [2.45, 2.75) is 25.8 Å². The SMILES string of the molecule is CCNc1nc2cc(N)ccc2n2c(-c3ccc(C(=O)NC4CC4)cc3)cnc12. The number of nitrogen functional groups attached to an aromatic ring is 1. The van der Waals surface area contributed by atoms with Crippen molar-refractivity contribution < 1.29 is 4.79 Å². The van der Waals surface area contributed by atoms with Crippen LogP contribution in [-0.2, 0) is 0 Å². The third kappa shape index (κ3) is 3.14. The third-order valence-electron chi connectivity index (χ3n) is 5.15. The highest BCUT2D eigenvalue weighted by Gasteiger charge is 2.23. The van der Waals surface area contributed by atoms with Crippen LogP contribution in [0.2, 0.25) is 0 Å². The van der Waals surface area contributed by atoms with Gasteiger partial charge in [0, 0.05) is 29.4 Å². The molecule has 0 aliphatic heterocycles. The number of nitrogens with one attached hydrogen (secondary N) is 2. The number of hydrogen-bond donors (Lipinski definition) is 3. The minimum atomic E-state index is -0.0169. The van der Waals surface area contributed by atoms with Gasteiger partial charge in [0.05, 0.1) is 22.9 Å². The molecule has 0 radical (unpaired) electrons. The number of anilines is 2. The lowest BCUT2D eigenvalue weighted by Gasteiger charge is -2.11. The minimum absolute atomic E-state index is 0.0169. The maximum atomic E-state index is 12.3. The minimum Gasteiger partial charge on any atom is -0.399 e. The fraction of sp³-hybridized carbons (Fsp3) is 0.227. The molecule has 5 rings (SSSR count). The molecule has 1 fully saturated rings. The summed E-state index contributed by atoms with van der Waals surface area (Å²) in [5.74, 6) is 0.703. The Hall–Kier alpha value is -3.61. The first kappa shape index (κ1) is 17.5. The second kappa shape index (κ2) is 6.77. The second-order valence-corrected chi connectivity index (χ2v) is 7.37. The van der Waals surface area contributed by atoms with Gasteiger partial charge >= 0.3 is 0 Å². The van der Waals surface area contributed by atoms with Gasteiger partial charge in [0.2, 0.25) is 0 Å². The van der Waals surface area contributed by atoms with E-state index < -0.39 is 0 Å². The molecule has 2 heterocycles. The highest BCUT2D eigenvalue weighted by Crippen LogP contribution is 2.29. The van der Waals surface area contributed by atoms with Gasteiger partial charge < -0.3 is 16.4 Å². The molecule has 0 spiro atoms. The molecule has 0 bridgehead atoms. The summed E-state index contributed by atoms with van der Waals surface area (Å²) in [6, 6.07) is 13.7. The first-order valence-electron chi connectivity index (χ1n) is 9.86. The number of nitrogens with two attached hydrogens (primary N) is 1. The van der Waals surface area contributed by atoms with Crippen molar-refractivity contribution in [1.29, 1.82) is 0 Å². The Labute approximate surface area is 168 Å². The standard InChI is InChI=1S/C22H22N6O/c1-2-24-20-21-25-12-19(28(21)18-10-7-15(23)11-17(18)27-20)13-3-5-14(6-4-13)22(29)26-16-8-9-16/h3-7,10-12,16H,2,8-9,23H2,1H3,(H,24,27)(H,26,29). The van der Waals surface area contributed by atoms with Crippen LogP contribution < -0.4 is 16.4 Å². The van der Waals surface area contributed by atoms with Crippen LogP contribution in [-0.4, -0.2) is 32.9 Å². The molecular formula is C22H22N6O. The molecule has 0 atom stereocenters. The predicted molar refractivity (Wildman–Crippen MR) is 115 cm³/mol. The molecule has 146 valence electrons. The molecule has 1 aliphatic rings. The zero-order valence-electron chi connectivity index (χ0n) is 16.1. The maximum absolute atomic E-state index is 12.3. The van der Waals surface area contributed by atoms with Gasteiger partial charge in [-0.1, -0.05) is 12.1 Å². The summed E-state index contributed by atoms with van der Waals surface area (Å²) in [6.07, 6.45) is 3.99. The predicted octanol–water partition coefficient (Wildman–Crippen LogP) is 3.46.